The smallest absolute Gasteiger partial charge is 0.240 e. The van der Waals surface area contributed by atoms with Crippen LogP contribution in [-0.2, 0) is 9.59 Å². The van der Waals surface area contributed by atoms with E-state index in [0.717, 1.165) is 5.56 Å². The summed E-state index contributed by atoms with van der Waals surface area (Å²) in [6.07, 6.45) is 1.04. The zero-order chi connectivity index (χ0) is 17.3. The molecule has 24 heavy (non-hydrogen) atoms. The molecule has 1 aliphatic rings. The monoisotopic (exact) mass is 362 g/mol. The molecular weight excluding hydrogens is 347 g/mol. The van der Waals surface area contributed by atoms with Crippen molar-refractivity contribution in [2.75, 3.05) is 10.6 Å². The molecule has 0 unspecified atom stereocenters. The van der Waals surface area contributed by atoms with Crippen molar-refractivity contribution in [1.29, 1.82) is 0 Å². The maximum atomic E-state index is 12.6. The van der Waals surface area contributed by atoms with Crippen LogP contribution in [0.2, 0.25) is 10.0 Å². The number of halogens is 2. The molecule has 0 aromatic heterocycles. The summed E-state index contributed by atoms with van der Waals surface area (Å²) in [6.45, 7) is 1.82. The van der Waals surface area contributed by atoms with E-state index in [2.05, 4.69) is 10.6 Å². The normalized spacial score (nSPS) is 14.8. The summed E-state index contributed by atoms with van der Waals surface area (Å²) in [4.78, 5) is 25.2. The second-order valence-corrected chi connectivity index (χ2v) is 6.76. The van der Waals surface area contributed by atoms with Gasteiger partial charge in [0, 0.05) is 21.4 Å². The van der Waals surface area contributed by atoms with Crippen molar-refractivity contribution >= 4 is 46.4 Å². The lowest BCUT2D eigenvalue weighted by Gasteiger charge is -2.17. The number of nitrogens with one attached hydrogen (secondary N) is 2. The Hall–Kier alpha value is -2.04. The summed E-state index contributed by atoms with van der Waals surface area (Å²) in [7, 11) is 0. The molecule has 1 saturated carbocycles. The minimum atomic E-state index is -1.03. The number of benzene rings is 2. The Morgan fingerprint density at radius 1 is 1.00 bits per heavy atom. The largest absolute Gasteiger partial charge is 0.325 e. The van der Waals surface area contributed by atoms with Crippen LogP contribution in [0.4, 0.5) is 11.4 Å². The van der Waals surface area contributed by atoms with Gasteiger partial charge in [0.1, 0.15) is 5.41 Å². The third-order valence-electron chi connectivity index (χ3n) is 4.22. The van der Waals surface area contributed by atoms with E-state index < -0.39 is 5.41 Å². The molecule has 2 aromatic rings. The molecule has 0 heterocycles. The van der Waals surface area contributed by atoms with Gasteiger partial charge >= 0.3 is 0 Å². The average molecular weight is 363 g/mol. The fraction of sp³-hybridized carbons (Fsp3) is 0.222. The van der Waals surface area contributed by atoms with Gasteiger partial charge in [-0.3, -0.25) is 9.59 Å². The van der Waals surface area contributed by atoms with E-state index in [4.69, 9.17) is 23.2 Å². The first-order valence-electron chi connectivity index (χ1n) is 7.56. The third-order valence-corrected chi connectivity index (χ3v) is 4.86. The van der Waals surface area contributed by atoms with Crippen LogP contribution in [0.25, 0.3) is 0 Å². The van der Waals surface area contributed by atoms with Crippen LogP contribution in [0.5, 0.6) is 0 Å². The van der Waals surface area contributed by atoms with Crippen molar-refractivity contribution in [2.45, 2.75) is 19.8 Å². The van der Waals surface area contributed by atoms with Crippen LogP contribution in [0.1, 0.15) is 18.4 Å². The minimum absolute atomic E-state index is 0.313. The van der Waals surface area contributed by atoms with Gasteiger partial charge in [0.05, 0.1) is 0 Å². The van der Waals surface area contributed by atoms with Crippen LogP contribution in [-0.4, -0.2) is 11.8 Å². The van der Waals surface area contributed by atoms with Crippen molar-refractivity contribution in [3.05, 3.63) is 58.1 Å². The maximum absolute atomic E-state index is 12.6. The molecule has 2 amide bonds. The second-order valence-electron chi connectivity index (χ2n) is 5.91. The van der Waals surface area contributed by atoms with Gasteiger partial charge in [0.15, 0.2) is 0 Å². The standard InChI is InChI=1S/C18H16Cl2N2O2/c1-11-14(20)6-3-7-15(11)22-17(24)18(8-9-18)16(23)21-13-5-2-4-12(19)10-13/h2-7,10H,8-9H2,1H3,(H,21,23)(H,22,24). The molecular formula is C18H16Cl2N2O2. The van der Waals surface area contributed by atoms with E-state index >= 15 is 0 Å². The molecule has 6 heteroatoms. The molecule has 0 aliphatic heterocycles. The number of anilines is 2. The average Bonchev–Trinajstić information content (AvgIpc) is 3.34. The number of carbonyl (C=O) groups is 2. The van der Waals surface area contributed by atoms with Crippen molar-refractivity contribution in [3.63, 3.8) is 0 Å². The summed E-state index contributed by atoms with van der Waals surface area (Å²) in [5.41, 5.74) is 0.940. The Morgan fingerprint density at radius 3 is 2.33 bits per heavy atom. The number of rotatable bonds is 4. The fourth-order valence-electron chi connectivity index (χ4n) is 2.48. The highest BCUT2D eigenvalue weighted by molar-refractivity contribution is 6.32. The van der Waals surface area contributed by atoms with E-state index in [1.807, 2.05) is 6.92 Å². The van der Waals surface area contributed by atoms with Gasteiger partial charge in [-0.2, -0.15) is 0 Å². The summed E-state index contributed by atoms with van der Waals surface area (Å²) in [5, 5.41) is 6.68. The molecule has 2 aromatic carbocycles. The molecule has 0 atom stereocenters. The Bertz CT molecular complexity index is 816. The highest BCUT2D eigenvalue weighted by atomic mass is 35.5. The van der Waals surface area contributed by atoms with E-state index in [9.17, 15) is 9.59 Å². The minimum Gasteiger partial charge on any atom is -0.325 e. The molecule has 1 fully saturated rings. The van der Waals surface area contributed by atoms with E-state index in [-0.39, 0.29) is 11.8 Å². The summed E-state index contributed by atoms with van der Waals surface area (Å²) in [6, 6.07) is 12.1. The van der Waals surface area contributed by atoms with E-state index in [0.29, 0.717) is 34.3 Å². The van der Waals surface area contributed by atoms with Gasteiger partial charge < -0.3 is 10.6 Å². The first-order chi connectivity index (χ1) is 11.4. The highest BCUT2D eigenvalue weighted by Gasteiger charge is 2.56. The predicted molar refractivity (Wildman–Crippen MR) is 96.6 cm³/mol. The maximum Gasteiger partial charge on any atom is 0.240 e. The van der Waals surface area contributed by atoms with Gasteiger partial charge in [0.2, 0.25) is 11.8 Å². The Balaban J connectivity index is 1.74. The Kier molecular flexibility index (Phi) is 4.52. The van der Waals surface area contributed by atoms with Gasteiger partial charge in [-0.15, -0.1) is 0 Å². The molecule has 2 N–H and O–H groups in total. The van der Waals surface area contributed by atoms with Crippen LogP contribution in [0, 0.1) is 12.3 Å². The van der Waals surface area contributed by atoms with Crippen molar-refractivity contribution in [2.24, 2.45) is 5.41 Å². The van der Waals surface area contributed by atoms with Crippen molar-refractivity contribution < 1.29 is 9.59 Å². The molecule has 0 spiro atoms. The van der Waals surface area contributed by atoms with Crippen molar-refractivity contribution in [1.82, 2.24) is 0 Å². The number of hydrogen-bond acceptors (Lipinski definition) is 2. The van der Waals surface area contributed by atoms with Crippen LogP contribution in [0.3, 0.4) is 0 Å². The molecule has 0 saturated heterocycles. The lowest BCUT2D eigenvalue weighted by molar-refractivity contribution is -0.131. The van der Waals surface area contributed by atoms with Gasteiger partial charge in [-0.05, 0) is 55.7 Å². The molecule has 3 rings (SSSR count). The summed E-state index contributed by atoms with van der Waals surface area (Å²) < 4.78 is 0. The van der Waals surface area contributed by atoms with E-state index in [1.165, 1.54) is 0 Å². The highest BCUT2D eigenvalue weighted by Crippen LogP contribution is 2.47. The van der Waals surface area contributed by atoms with Gasteiger partial charge in [-0.1, -0.05) is 35.3 Å². The lowest BCUT2D eigenvalue weighted by atomic mass is 10.0. The second kappa shape index (κ2) is 6.46. The van der Waals surface area contributed by atoms with Gasteiger partial charge in [-0.25, -0.2) is 0 Å². The van der Waals surface area contributed by atoms with Crippen LogP contribution >= 0.6 is 23.2 Å². The van der Waals surface area contributed by atoms with Crippen LogP contribution < -0.4 is 10.6 Å². The van der Waals surface area contributed by atoms with Crippen LogP contribution in [0.15, 0.2) is 42.5 Å². The lowest BCUT2D eigenvalue weighted by Crippen LogP contribution is -2.35. The fourth-order valence-corrected chi connectivity index (χ4v) is 2.85. The van der Waals surface area contributed by atoms with Crippen molar-refractivity contribution in [3.8, 4) is 0 Å². The number of amides is 2. The quantitative estimate of drug-likeness (QED) is 0.777. The molecule has 124 valence electrons. The molecule has 4 nitrogen and oxygen atoms in total. The van der Waals surface area contributed by atoms with E-state index in [1.54, 1.807) is 42.5 Å². The predicted octanol–water partition coefficient (Wildman–Crippen LogP) is 4.66. The molecule has 0 bridgehead atoms. The number of carbonyl (C=O) groups excluding carboxylic acids is 2. The summed E-state index contributed by atoms with van der Waals surface area (Å²) >= 11 is 12.0. The third kappa shape index (κ3) is 3.25. The zero-order valence-corrected chi connectivity index (χ0v) is 14.5. The number of hydrogen-bond donors (Lipinski definition) is 2. The first-order valence-corrected chi connectivity index (χ1v) is 8.31. The molecule has 1 aliphatic carbocycles. The first kappa shape index (κ1) is 16.8. The Morgan fingerprint density at radius 2 is 1.67 bits per heavy atom. The SMILES string of the molecule is Cc1c(Cl)cccc1NC(=O)C1(C(=O)Nc2cccc(Cl)c2)CC1. The topological polar surface area (TPSA) is 58.2 Å². The summed E-state index contributed by atoms with van der Waals surface area (Å²) in [5.74, 6) is -0.630. The zero-order valence-electron chi connectivity index (χ0n) is 13.0. The Labute approximate surface area is 150 Å². The molecule has 0 radical (unpaired) electrons. The van der Waals surface area contributed by atoms with Gasteiger partial charge in [0.25, 0.3) is 0 Å².